The highest BCUT2D eigenvalue weighted by atomic mass is 31.3. The van der Waals surface area contributed by atoms with Crippen molar-refractivity contribution in [1.82, 2.24) is 0 Å². The fraction of sp³-hybridized carbons (Fsp3) is 0.619. The Bertz CT molecular complexity index is 631. The van der Waals surface area contributed by atoms with Gasteiger partial charge in [-0.05, 0) is 67.2 Å². The van der Waals surface area contributed by atoms with Gasteiger partial charge in [-0.2, -0.15) is 0 Å². The lowest BCUT2D eigenvalue weighted by molar-refractivity contribution is -0.465. The molecule has 0 unspecified atom stereocenters. The van der Waals surface area contributed by atoms with Crippen LogP contribution in [0.15, 0.2) is 46.6 Å². The van der Waals surface area contributed by atoms with Crippen LogP contribution in [0.25, 0.3) is 0 Å². The first-order chi connectivity index (χ1) is 13.6. The van der Waals surface area contributed by atoms with Gasteiger partial charge in [-0.25, -0.2) is 0 Å². The molecule has 0 fully saturated rings. The van der Waals surface area contributed by atoms with Gasteiger partial charge in [-0.15, -0.1) is 0 Å². The third kappa shape index (κ3) is 10.7. The fourth-order valence-electron chi connectivity index (χ4n) is 2.60. The molecule has 174 valence electrons. The molecule has 0 amide bonds. The molecule has 0 aromatic carbocycles. The van der Waals surface area contributed by atoms with Crippen LogP contribution < -0.4 is 29.4 Å². The minimum Gasteiger partial charge on any atom is -0.683 e. The first-order valence-electron chi connectivity index (χ1n) is 9.88. The lowest BCUT2D eigenvalue weighted by atomic mass is 10.1. The van der Waals surface area contributed by atoms with Crippen LogP contribution in [-0.2, 0) is 4.74 Å². The summed E-state index contributed by atoms with van der Waals surface area (Å²) < 4.78 is 5.03. The third-order valence-corrected chi connectivity index (χ3v) is 8.31. The summed E-state index contributed by atoms with van der Waals surface area (Å²) in [6.45, 7) is 10.8. The summed E-state index contributed by atoms with van der Waals surface area (Å²) in [5, 5.41) is -3.34. The minimum atomic E-state index is -5.93. The van der Waals surface area contributed by atoms with Crippen LogP contribution in [0.1, 0.15) is 73.6 Å². The van der Waals surface area contributed by atoms with Gasteiger partial charge >= 0.3 is 0 Å². The number of allylic oxidation sites excluding steroid dienone is 6. The molecule has 0 aromatic heterocycles. The Balaban J connectivity index is 5.47. The van der Waals surface area contributed by atoms with E-state index in [4.69, 9.17) is 4.74 Å². The molecule has 0 heterocycles. The van der Waals surface area contributed by atoms with Gasteiger partial charge in [0, 0.05) is 0 Å². The fourth-order valence-corrected chi connectivity index (χ4v) is 4.89. The molecule has 0 radical (unpaired) electrons. The van der Waals surface area contributed by atoms with Crippen molar-refractivity contribution >= 4 is 15.9 Å². The molecule has 0 aliphatic carbocycles. The van der Waals surface area contributed by atoms with Gasteiger partial charge in [-0.1, -0.05) is 62.5 Å². The Hall–Kier alpha value is -0.460. The molecule has 0 aliphatic rings. The second-order valence-corrected chi connectivity index (χ2v) is 11.8. The SMILES string of the molecule is CC(C)=CCC/C(C)=C/COC(C/C=C(\C)CCC=C(C)C)([P+]([O-])([O-])[O-])[P+]([O-])([O-])[O-]. The molecule has 9 heteroatoms. The summed E-state index contributed by atoms with van der Waals surface area (Å²) in [4.78, 5) is 71.1. The van der Waals surface area contributed by atoms with Crippen molar-refractivity contribution in [3.8, 4) is 0 Å². The zero-order valence-electron chi connectivity index (χ0n) is 18.8. The average Bonchev–Trinajstić information content (AvgIpc) is 2.54. The van der Waals surface area contributed by atoms with E-state index in [1.54, 1.807) is 13.8 Å². The van der Waals surface area contributed by atoms with E-state index in [1.165, 1.54) is 12.2 Å². The molecule has 0 aromatic rings. The second kappa shape index (κ2) is 13.2. The maximum Gasteiger partial charge on any atom is 0.246 e. The molecule has 0 N–H and O–H groups in total. The van der Waals surface area contributed by atoms with Crippen molar-refractivity contribution in [1.29, 1.82) is 0 Å². The van der Waals surface area contributed by atoms with Crippen LogP contribution in [0.3, 0.4) is 0 Å². The van der Waals surface area contributed by atoms with Crippen molar-refractivity contribution in [3.63, 3.8) is 0 Å². The number of hydrogen-bond acceptors (Lipinski definition) is 7. The Morgan fingerprint density at radius 1 is 0.667 bits per heavy atom. The third-order valence-electron chi connectivity index (χ3n) is 4.50. The molecule has 0 aliphatic heterocycles. The summed E-state index contributed by atoms with van der Waals surface area (Å²) in [6.07, 6.45) is 8.57. The Labute approximate surface area is 182 Å². The van der Waals surface area contributed by atoms with Gasteiger partial charge in [0.15, 0.2) is 0 Å². The highest BCUT2D eigenvalue weighted by Crippen LogP contribution is 2.67. The van der Waals surface area contributed by atoms with Crippen molar-refractivity contribution in [2.24, 2.45) is 0 Å². The molecular formula is C21H34O7P2-4. The van der Waals surface area contributed by atoms with Crippen LogP contribution in [0.2, 0.25) is 0 Å². The lowest BCUT2D eigenvalue weighted by Gasteiger charge is -2.65. The molecule has 0 rings (SSSR count). The van der Waals surface area contributed by atoms with Crippen molar-refractivity contribution in [3.05, 3.63) is 46.6 Å². The van der Waals surface area contributed by atoms with Crippen LogP contribution in [0, 0.1) is 0 Å². The van der Waals surface area contributed by atoms with Crippen molar-refractivity contribution < 1.29 is 34.1 Å². The first kappa shape index (κ1) is 29.5. The maximum atomic E-state index is 11.8. The molecule has 0 saturated carbocycles. The van der Waals surface area contributed by atoms with E-state index in [-0.39, 0.29) is 0 Å². The van der Waals surface area contributed by atoms with Gasteiger partial charge in [0.05, 0.1) is 13.0 Å². The molecule has 30 heavy (non-hydrogen) atoms. The number of ether oxygens (including phenoxy) is 1. The predicted molar refractivity (Wildman–Crippen MR) is 112 cm³/mol. The van der Waals surface area contributed by atoms with E-state index < -0.39 is 34.0 Å². The van der Waals surface area contributed by atoms with E-state index in [1.807, 2.05) is 39.8 Å². The summed E-state index contributed by atoms with van der Waals surface area (Å²) in [7, 11) is -11.9. The van der Waals surface area contributed by atoms with Crippen LogP contribution in [0.4, 0.5) is 0 Å². The Morgan fingerprint density at radius 2 is 1.07 bits per heavy atom. The molecular weight excluding hydrogens is 426 g/mol. The van der Waals surface area contributed by atoms with Crippen LogP contribution in [-0.4, -0.2) is 11.7 Å². The standard InChI is InChI=1S/C21H38O7P2/c1-17(2)9-7-11-19(5)13-15-21(29(22,23)24,30(25,26)27)28-16-14-20(6)12-8-10-18(3)4/h9-10,13-14H,7-8,11-12,15-16H2,1-6H3,(H2,22,23,24)(H2,25,26,27)/p-4/b19-13+,20-14+. The topological polar surface area (TPSA) is 148 Å². The number of hydrogen-bond donors (Lipinski definition) is 0. The van der Waals surface area contributed by atoms with E-state index >= 15 is 0 Å². The van der Waals surface area contributed by atoms with Crippen molar-refractivity contribution in [2.45, 2.75) is 78.7 Å². The monoisotopic (exact) mass is 460 g/mol. The maximum absolute atomic E-state index is 11.8. The predicted octanol–water partition coefficient (Wildman–Crippen LogP) is 1.12. The summed E-state index contributed by atoms with van der Waals surface area (Å²) >= 11 is 0. The Kier molecular flexibility index (Phi) is 13.0. The van der Waals surface area contributed by atoms with Crippen molar-refractivity contribution in [2.75, 3.05) is 6.61 Å². The zero-order valence-corrected chi connectivity index (χ0v) is 20.6. The van der Waals surface area contributed by atoms with Gasteiger partial charge in [-0.3, -0.25) is 0 Å². The molecule has 0 saturated heterocycles. The highest BCUT2D eigenvalue weighted by Gasteiger charge is 2.47. The minimum absolute atomic E-state index is 0.464. The quantitative estimate of drug-likeness (QED) is 0.295. The average molecular weight is 460 g/mol. The van der Waals surface area contributed by atoms with Gasteiger partial charge in [0.1, 0.15) is 0 Å². The summed E-state index contributed by atoms with van der Waals surface area (Å²) in [5.74, 6) is 0. The normalized spacial score (nSPS) is 14.0. The van der Waals surface area contributed by atoms with E-state index in [9.17, 15) is 29.4 Å². The molecule has 0 bridgehead atoms. The van der Waals surface area contributed by atoms with Gasteiger partial charge in [0.25, 0.3) is 0 Å². The highest BCUT2D eigenvalue weighted by molar-refractivity contribution is 7.74. The van der Waals surface area contributed by atoms with Crippen LogP contribution in [0.5, 0.6) is 0 Å². The number of rotatable bonds is 13. The van der Waals surface area contributed by atoms with Crippen LogP contribution >= 0.6 is 15.9 Å². The van der Waals surface area contributed by atoms with E-state index in [0.717, 1.165) is 23.1 Å². The van der Waals surface area contributed by atoms with E-state index in [0.29, 0.717) is 24.8 Å². The Morgan fingerprint density at radius 3 is 1.43 bits per heavy atom. The largest absolute Gasteiger partial charge is 0.683 e. The van der Waals surface area contributed by atoms with Gasteiger partial charge < -0.3 is 34.1 Å². The summed E-state index contributed by atoms with van der Waals surface area (Å²) in [6, 6.07) is 0. The second-order valence-electron chi connectivity index (χ2n) is 7.99. The first-order valence-corrected chi connectivity index (χ1v) is 13.0. The zero-order chi connectivity index (χ0) is 23.6. The molecule has 0 spiro atoms. The molecule has 7 nitrogen and oxygen atoms in total. The summed E-state index contributed by atoms with van der Waals surface area (Å²) in [5.41, 5.74) is 3.76. The lowest BCUT2D eigenvalue weighted by Crippen LogP contribution is -2.60. The smallest absolute Gasteiger partial charge is 0.246 e. The van der Waals surface area contributed by atoms with Gasteiger partial charge in [0.2, 0.25) is 5.08 Å². The van der Waals surface area contributed by atoms with E-state index in [2.05, 4.69) is 0 Å². The molecule has 0 atom stereocenters.